The van der Waals surface area contributed by atoms with Gasteiger partial charge in [-0.3, -0.25) is 0 Å². The van der Waals surface area contributed by atoms with E-state index in [9.17, 15) is 14.3 Å². The van der Waals surface area contributed by atoms with Gasteiger partial charge in [-0.2, -0.15) is 0 Å². The summed E-state index contributed by atoms with van der Waals surface area (Å²) in [4.78, 5) is 10.9. The number of ether oxygens (including phenoxy) is 1. The van der Waals surface area contributed by atoms with Crippen LogP contribution in [0.25, 0.3) is 0 Å². The first-order valence-corrected chi connectivity index (χ1v) is 5.14. The van der Waals surface area contributed by atoms with Crippen molar-refractivity contribution in [3.63, 3.8) is 0 Å². The first kappa shape index (κ1) is 12.6. The van der Waals surface area contributed by atoms with Gasteiger partial charge in [-0.15, -0.1) is 0 Å². The van der Waals surface area contributed by atoms with Gasteiger partial charge >= 0.3 is 5.97 Å². The zero-order valence-corrected chi connectivity index (χ0v) is 9.15. The van der Waals surface area contributed by atoms with E-state index < -0.39 is 12.1 Å². The van der Waals surface area contributed by atoms with Crippen molar-refractivity contribution in [3.05, 3.63) is 35.6 Å². The van der Waals surface area contributed by atoms with Crippen molar-refractivity contribution in [2.24, 2.45) is 0 Å². The standard InChI is InChI=1S/C12H15FO3/c1-16-12(15)11(14)4-2-3-9-5-7-10(13)8-6-9/h5-8,11,14H,2-4H2,1H3. The lowest BCUT2D eigenvalue weighted by Gasteiger charge is -2.07. The maximum absolute atomic E-state index is 12.6. The third-order valence-corrected chi connectivity index (χ3v) is 2.33. The molecule has 1 aromatic carbocycles. The number of hydrogen-bond donors (Lipinski definition) is 1. The number of aliphatic hydroxyl groups excluding tert-OH is 1. The summed E-state index contributed by atoms with van der Waals surface area (Å²) in [6, 6.07) is 6.18. The molecule has 4 heteroatoms. The van der Waals surface area contributed by atoms with Gasteiger partial charge in [0.1, 0.15) is 5.82 Å². The highest BCUT2D eigenvalue weighted by molar-refractivity contribution is 5.74. The molecular weight excluding hydrogens is 211 g/mol. The van der Waals surface area contributed by atoms with Crippen molar-refractivity contribution in [2.75, 3.05) is 7.11 Å². The van der Waals surface area contributed by atoms with E-state index in [1.807, 2.05) is 0 Å². The summed E-state index contributed by atoms with van der Waals surface area (Å²) in [6.07, 6.45) is 0.644. The average molecular weight is 226 g/mol. The van der Waals surface area contributed by atoms with E-state index in [1.54, 1.807) is 12.1 Å². The van der Waals surface area contributed by atoms with E-state index in [0.29, 0.717) is 19.3 Å². The van der Waals surface area contributed by atoms with E-state index >= 15 is 0 Å². The predicted octanol–water partition coefficient (Wildman–Crippen LogP) is 1.68. The molecule has 88 valence electrons. The van der Waals surface area contributed by atoms with Crippen LogP contribution in [-0.4, -0.2) is 24.3 Å². The molecule has 1 N–H and O–H groups in total. The summed E-state index contributed by atoms with van der Waals surface area (Å²) >= 11 is 0. The molecule has 16 heavy (non-hydrogen) atoms. The molecule has 0 saturated heterocycles. The van der Waals surface area contributed by atoms with Gasteiger partial charge in [-0.1, -0.05) is 12.1 Å². The minimum absolute atomic E-state index is 0.265. The molecule has 0 fully saturated rings. The van der Waals surface area contributed by atoms with Crippen LogP contribution in [0.15, 0.2) is 24.3 Å². The SMILES string of the molecule is COC(=O)C(O)CCCc1ccc(F)cc1. The second-order valence-electron chi connectivity index (χ2n) is 3.56. The van der Waals surface area contributed by atoms with Gasteiger partial charge < -0.3 is 9.84 Å². The Hall–Kier alpha value is -1.42. The van der Waals surface area contributed by atoms with Gasteiger partial charge in [0.25, 0.3) is 0 Å². The molecule has 0 radical (unpaired) electrons. The number of carbonyl (C=O) groups excluding carboxylic acids is 1. The van der Waals surface area contributed by atoms with Crippen molar-refractivity contribution in [1.82, 2.24) is 0 Å². The van der Waals surface area contributed by atoms with Crippen LogP contribution in [0.3, 0.4) is 0 Å². The summed E-state index contributed by atoms with van der Waals surface area (Å²) in [5.74, 6) is -0.877. The Morgan fingerprint density at radius 1 is 1.44 bits per heavy atom. The molecular formula is C12H15FO3. The number of halogens is 1. The molecule has 0 amide bonds. The van der Waals surface area contributed by atoms with Crippen LogP contribution in [0.5, 0.6) is 0 Å². The number of aryl methyl sites for hydroxylation is 1. The van der Waals surface area contributed by atoms with E-state index in [0.717, 1.165) is 5.56 Å². The highest BCUT2D eigenvalue weighted by Gasteiger charge is 2.14. The van der Waals surface area contributed by atoms with Crippen molar-refractivity contribution in [1.29, 1.82) is 0 Å². The Bertz CT molecular complexity index is 335. The largest absolute Gasteiger partial charge is 0.467 e. The van der Waals surface area contributed by atoms with Gasteiger partial charge in [0.2, 0.25) is 0 Å². The van der Waals surface area contributed by atoms with E-state index in [4.69, 9.17) is 0 Å². The molecule has 1 aromatic rings. The lowest BCUT2D eigenvalue weighted by molar-refractivity contribution is -0.150. The molecule has 0 aliphatic rings. The highest BCUT2D eigenvalue weighted by Crippen LogP contribution is 2.08. The summed E-state index contributed by atoms with van der Waals surface area (Å²) in [5, 5.41) is 9.31. The van der Waals surface area contributed by atoms with Crippen molar-refractivity contribution in [3.8, 4) is 0 Å². The zero-order valence-electron chi connectivity index (χ0n) is 9.15. The molecule has 0 spiro atoms. The van der Waals surface area contributed by atoms with E-state index in [-0.39, 0.29) is 5.82 Å². The van der Waals surface area contributed by atoms with Crippen LogP contribution < -0.4 is 0 Å². The third-order valence-electron chi connectivity index (χ3n) is 2.33. The Labute approximate surface area is 93.9 Å². The van der Waals surface area contributed by atoms with E-state index in [1.165, 1.54) is 19.2 Å². The first-order valence-electron chi connectivity index (χ1n) is 5.14. The lowest BCUT2D eigenvalue weighted by Crippen LogP contribution is -2.21. The molecule has 1 rings (SSSR count). The summed E-state index contributed by atoms with van der Waals surface area (Å²) in [5.41, 5.74) is 0.985. The molecule has 1 atom stereocenters. The van der Waals surface area contributed by atoms with Crippen LogP contribution in [0.2, 0.25) is 0 Å². The Morgan fingerprint density at radius 2 is 2.06 bits per heavy atom. The smallest absolute Gasteiger partial charge is 0.334 e. The maximum Gasteiger partial charge on any atom is 0.334 e. The van der Waals surface area contributed by atoms with E-state index in [2.05, 4.69) is 4.74 Å². The predicted molar refractivity (Wildman–Crippen MR) is 57.4 cm³/mol. The molecule has 1 unspecified atom stereocenters. The van der Waals surface area contributed by atoms with Crippen molar-refractivity contribution in [2.45, 2.75) is 25.4 Å². The number of methoxy groups -OCH3 is 1. The zero-order chi connectivity index (χ0) is 12.0. The third kappa shape index (κ3) is 3.98. The van der Waals surface area contributed by atoms with Crippen molar-refractivity contribution < 1.29 is 19.0 Å². The fourth-order valence-electron chi connectivity index (χ4n) is 1.40. The second-order valence-corrected chi connectivity index (χ2v) is 3.56. The summed E-state index contributed by atoms with van der Waals surface area (Å²) in [7, 11) is 1.24. The van der Waals surface area contributed by atoms with Crippen LogP contribution in [0, 0.1) is 5.82 Å². The normalized spacial score (nSPS) is 12.2. The highest BCUT2D eigenvalue weighted by atomic mass is 19.1. The van der Waals surface area contributed by atoms with Gasteiger partial charge in [-0.25, -0.2) is 9.18 Å². The first-order chi connectivity index (χ1) is 7.63. The molecule has 0 heterocycles. The van der Waals surface area contributed by atoms with Gasteiger partial charge in [-0.05, 0) is 37.0 Å². The molecule has 3 nitrogen and oxygen atoms in total. The molecule has 0 bridgehead atoms. The van der Waals surface area contributed by atoms with Crippen LogP contribution >= 0.6 is 0 Å². The monoisotopic (exact) mass is 226 g/mol. The molecule has 0 aromatic heterocycles. The summed E-state index contributed by atoms with van der Waals surface area (Å²) < 4.78 is 17.0. The fourth-order valence-corrected chi connectivity index (χ4v) is 1.40. The number of hydrogen-bond acceptors (Lipinski definition) is 3. The molecule has 0 aliphatic heterocycles. The van der Waals surface area contributed by atoms with Gasteiger partial charge in [0.15, 0.2) is 6.10 Å². The van der Waals surface area contributed by atoms with Gasteiger partial charge in [0, 0.05) is 0 Å². The second kappa shape index (κ2) is 6.23. The van der Waals surface area contributed by atoms with Crippen LogP contribution in [0.1, 0.15) is 18.4 Å². The average Bonchev–Trinajstić information content (AvgIpc) is 2.30. The number of benzene rings is 1. The topological polar surface area (TPSA) is 46.5 Å². The lowest BCUT2D eigenvalue weighted by atomic mass is 10.1. The van der Waals surface area contributed by atoms with Crippen LogP contribution in [-0.2, 0) is 16.0 Å². The summed E-state index contributed by atoms with van der Waals surface area (Å²) in [6.45, 7) is 0. The quantitative estimate of drug-likeness (QED) is 0.777. The Balaban J connectivity index is 2.30. The minimum atomic E-state index is -1.06. The fraction of sp³-hybridized carbons (Fsp3) is 0.417. The van der Waals surface area contributed by atoms with Crippen LogP contribution in [0.4, 0.5) is 4.39 Å². The Morgan fingerprint density at radius 3 is 2.62 bits per heavy atom. The number of aliphatic hydroxyl groups is 1. The molecule has 0 saturated carbocycles. The number of rotatable bonds is 5. The maximum atomic E-state index is 12.6. The molecule has 0 aliphatic carbocycles. The minimum Gasteiger partial charge on any atom is -0.467 e. The van der Waals surface area contributed by atoms with Gasteiger partial charge in [0.05, 0.1) is 7.11 Å². The number of esters is 1. The number of carbonyl (C=O) groups is 1. The Kier molecular flexibility index (Phi) is 4.92. The van der Waals surface area contributed by atoms with Crippen molar-refractivity contribution >= 4 is 5.97 Å².